The van der Waals surface area contributed by atoms with E-state index in [2.05, 4.69) is 79.2 Å². The first-order chi connectivity index (χ1) is 34.2. The Morgan fingerprint density at radius 1 is 0.526 bits per heavy atom. The predicted molar refractivity (Wildman–Crippen MR) is 289 cm³/mol. The molecule has 0 bridgehead atoms. The molecule has 78 heavy (non-hydrogen) atoms. The second kappa shape index (κ2) is 24.6. The lowest BCUT2D eigenvalue weighted by Gasteiger charge is -2.52. The molecular weight excluding hydrogens is 1080 g/mol. The zero-order valence-corrected chi connectivity index (χ0v) is 50.8. The second-order valence-corrected chi connectivity index (χ2v) is 37.6. The standard InChI is InChI=1S/C33H58F6O3Si2.C24H36F6O3.CH4/c1-27(2,3)44(11,12)41-25-16-13-22-30(7)24(25)17-18-26(30)29(6,20-14-19-28(4,5)42-43(8,9)10)21-15-23-31(40,32(34,35)36)33(37,38)39;1-19(2,32)11-6-12-20(3,13-7-15-22(33,23(25,26)27)24(28,29)30)18-10-9-16-17(31)8-5-14-21(16,18)4;/h24-26,40H,13-14,16-22H2,1-12H3;16-18,31-33H,5-6,8-14H2,1-4H3;1H4/t24?,25-,26+,29?,30-;16?,17-,18+,20?,21-;/m00./s1. The maximum absolute atomic E-state index is 13.4. The first-order valence-electron chi connectivity index (χ1n) is 27.7. The smallest absolute Gasteiger partial charge is 0.414 e. The summed E-state index contributed by atoms with van der Waals surface area (Å²) in [5.41, 5.74) is -13.4. The normalized spacial score (nSPS) is 28.5. The summed E-state index contributed by atoms with van der Waals surface area (Å²) in [6.07, 6.45) is -13.0. The average Bonchev–Trinajstić information content (AvgIpc) is 3.76. The molecule has 0 amide bonds. The fraction of sp³-hybridized carbons (Fsp3) is 0.931. The van der Waals surface area contributed by atoms with Crippen molar-refractivity contribution in [3.8, 4) is 23.7 Å². The second-order valence-electron chi connectivity index (χ2n) is 28.4. The molecule has 0 aromatic carbocycles. The van der Waals surface area contributed by atoms with Gasteiger partial charge in [-0.15, -0.1) is 0 Å². The first kappa shape index (κ1) is 72.6. The molecule has 4 aliphatic rings. The Morgan fingerprint density at radius 2 is 0.897 bits per heavy atom. The summed E-state index contributed by atoms with van der Waals surface area (Å²) in [5.74, 6) is 6.92. The van der Waals surface area contributed by atoms with Gasteiger partial charge in [-0.3, -0.25) is 0 Å². The van der Waals surface area contributed by atoms with Gasteiger partial charge in [0.25, 0.3) is 0 Å². The van der Waals surface area contributed by atoms with Gasteiger partial charge in [0.2, 0.25) is 0 Å². The summed E-state index contributed by atoms with van der Waals surface area (Å²) in [7, 11) is -3.91. The molecule has 6 nitrogen and oxygen atoms in total. The van der Waals surface area contributed by atoms with Crippen molar-refractivity contribution in [2.45, 2.75) is 296 Å². The van der Waals surface area contributed by atoms with Gasteiger partial charge in [-0.1, -0.05) is 93.4 Å². The van der Waals surface area contributed by atoms with E-state index in [4.69, 9.17) is 8.85 Å². The third-order valence-electron chi connectivity index (χ3n) is 18.9. The Balaban J connectivity index is 0.000000547. The Labute approximate surface area is 462 Å². The van der Waals surface area contributed by atoms with Crippen LogP contribution in [0.1, 0.15) is 199 Å². The number of hydrogen-bond acceptors (Lipinski definition) is 6. The van der Waals surface area contributed by atoms with Crippen molar-refractivity contribution in [1.29, 1.82) is 0 Å². The third kappa shape index (κ3) is 16.8. The quantitative estimate of drug-likeness (QED) is 0.0698. The van der Waals surface area contributed by atoms with E-state index in [0.717, 1.165) is 57.3 Å². The van der Waals surface area contributed by atoms with Gasteiger partial charge in [-0.25, -0.2) is 0 Å². The molecule has 0 aromatic rings. The van der Waals surface area contributed by atoms with E-state index in [1.165, 1.54) is 5.92 Å². The number of rotatable bonds is 16. The first-order valence-corrected chi connectivity index (χ1v) is 34.0. The fourth-order valence-electron chi connectivity index (χ4n) is 14.1. The highest BCUT2D eigenvalue weighted by Gasteiger charge is 2.71. The molecule has 4 aliphatic carbocycles. The van der Waals surface area contributed by atoms with Gasteiger partial charge in [0, 0.05) is 18.9 Å². The number of aliphatic hydroxyl groups is 4. The van der Waals surface area contributed by atoms with Crippen LogP contribution >= 0.6 is 0 Å². The predicted octanol–water partition coefficient (Wildman–Crippen LogP) is 17.0. The number of halogens is 12. The zero-order chi connectivity index (χ0) is 59.9. The highest BCUT2D eigenvalue weighted by molar-refractivity contribution is 6.74. The number of fused-ring (bicyclic) bond motifs is 2. The van der Waals surface area contributed by atoms with Crippen LogP contribution in [0.3, 0.4) is 0 Å². The molecule has 0 aromatic heterocycles. The lowest BCUT2D eigenvalue weighted by molar-refractivity contribution is -0.344. The SMILES string of the molecule is C.CC(C)(CCCC(C)(CC#CC(O)(C(F)(F)F)C(F)(F)F)[C@H]1CCC2[C@@H](O[Si](C)(C)C(C)(C)C)CCC[C@@]21C)O[Si](C)(C)C.CC(C)(O)CCCC(C)(CC#CC(O)(C(F)(F)F)C(F)(F)F)[C@H]1CCC2[C@@H](O)CCC[C@@]21C. The van der Waals surface area contributed by atoms with E-state index in [9.17, 15) is 73.1 Å². The Hall–Kier alpha value is -1.53. The number of aliphatic hydroxyl groups excluding tert-OH is 1. The van der Waals surface area contributed by atoms with Crippen molar-refractivity contribution in [1.82, 2.24) is 0 Å². The highest BCUT2D eigenvalue weighted by atomic mass is 28.4. The zero-order valence-electron chi connectivity index (χ0n) is 48.8. The minimum absolute atomic E-state index is 0. The van der Waals surface area contributed by atoms with Crippen LogP contribution < -0.4 is 0 Å². The molecule has 4 N–H and O–H groups in total. The molecule has 4 unspecified atom stereocenters. The lowest BCUT2D eigenvalue weighted by Crippen LogP contribution is -2.55. The minimum atomic E-state index is -5.98. The minimum Gasteiger partial charge on any atom is -0.414 e. The Kier molecular flexibility index (Phi) is 22.9. The molecule has 10 atom stereocenters. The van der Waals surface area contributed by atoms with Gasteiger partial charge in [-0.2, -0.15) is 52.7 Å². The summed E-state index contributed by atoms with van der Waals surface area (Å²) in [4.78, 5) is 0. The lowest BCUT2D eigenvalue weighted by atomic mass is 9.56. The molecule has 458 valence electrons. The van der Waals surface area contributed by atoms with E-state index >= 15 is 0 Å². The molecule has 4 saturated carbocycles. The van der Waals surface area contributed by atoms with Crippen LogP contribution in [-0.4, -0.2) is 96.4 Å². The van der Waals surface area contributed by atoms with Crippen molar-refractivity contribution in [2.24, 2.45) is 45.3 Å². The van der Waals surface area contributed by atoms with Crippen LogP contribution in [-0.2, 0) is 8.85 Å². The third-order valence-corrected chi connectivity index (χ3v) is 24.6. The topological polar surface area (TPSA) is 99.4 Å². The summed E-state index contributed by atoms with van der Waals surface area (Å²) in [5, 5.41) is 39.8. The van der Waals surface area contributed by atoms with Crippen LogP contribution in [0.15, 0.2) is 0 Å². The van der Waals surface area contributed by atoms with Crippen molar-refractivity contribution < 1.29 is 82.0 Å². The molecule has 0 heterocycles. The van der Waals surface area contributed by atoms with Gasteiger partial charge in [0.05, 0.1) is 17.3 Å². The van der Waals surface area contributed by atoms with Crippen LogP contribution in [0.4, 0.5) is 52.7 Å². The Bertz CT molecular complexity index is 2050. The van der Waals surface area contributed by atoms with Crippen LogP contribution in [0, 0.1) is 69.0 Å². The monoisotopic (exact) mass is 1170 g/mol. The molecule has 0 radical (unpaired) electrons. The van der Waals surface area contributed by atoms with E-state index in [1.807, 2.05) is 27.7 Å². The van der Waals surface area contributed by atoms with Gasteiger partial charge in [-0.05, 0) is 200 Å². The molecule has 20 heteroatoms. The molecule has 0 spiro atoms. The van der Waals surface area contributed by atoms with Crippen LogP contribution in [0.2, 0.25) is 37.8 Å². The van der Waals surface area contributed by atoms with Crippen molar-refractivity contribution >= 4 is 16.6 Å². The number of alkyl halides is 12. The van der Waals surface area contributed by atoms with Gasteiger partial charge in [0.15, 0.2) is 16.6 Å². The molecule has 0 aliphatic heterocycles. The molecular formula is C58H98F12O6Si2. The summed E-state index contributed by atoms with van der Waals surface area (Å²) in [6, 6.07) is 0. The van der Waals surface area contributed by atoms with Crippen molar-refractivity contribution in [3.63, 3.8) is 0 Å². The largest absolute Gasteiger partial charge is 0.438 e. The molecule has 4 rings (SSSR count). The number of hydrogen-bond donors (Lipinski definition) is 4. The maximum Gasteiger partial charge on any atom is 0.438 e. The molecule has 0 saturated heterocycles. The average molecular weight is 1180 g/mol. The van der Waals surface area contributed by atoms with E-state index in [1.54, 1.807) is 13.8 Å². The van der Waals surface area contributed by atoms with E-state index < -0.39 is 80.7 Å². The molecule has 4 fully saturated rings. The van der Waals surface area contributed by atoms with Crippen LogP contribution in [0.25, 0.3) is 0 Å². The summed E-state index contributed by atoms with van der Waals surface area (Å²) < 4.78 is 172. The summed E-state index contributed by atoms with van der Waals surface area (Å²) in [6.45, 7) is 32.9. The van der Waals surface area contributed by atoms with Crippen molar-refractivity contribution in [3.05, 3.63) is 0 Å². The van der Waals surface area contributed by atoms with E-state index in [0.29, 0.717) is 51.4 Å². The van der Waals surface area contributed by atoms with Crippen molar-refractivity contribution in [2.75, 3.05) is 0 Å². The van der Waals surface area contributed by atoms with Crippen LogP contribution in [0.5, 0.6) is 0 Å². The van der Waals surface area contributed by atoms with Gasteiger partial charge >= 0.3 is 35.9 Å². The fourth-order valence-corrected chi connectivity index (χ4v) is 17.3. The maximum atomic E-state index is 13.4. The summed E-state index contributed by atoms with van der Waals surface area (Å²) >= 11 is 0. The Morgan fingerprint density at radius 3 is 1.27 bits per heavy atom. The van der Waals surface area contributed by atoms with Gasteiger partial charge in [0.1, 0.15) is 0 Å². The highest BCUT2D eigenvalue weighted by Crippen LogP contribution is 2.65. The van der Waals surface area contributed by atoms with Gasteiger partial charge < -0.3 is 29.3 Å². The van der Waals surface area contributed by atoms with E-state index in [-0.39, 0.29) is 65.9 Å².